The zero-order valence-electron chi connectivity index (χ0n) is 0.408. The fraction of sp³-hybridized carbons (Fsp3) is 0. The van der Waals surface area contributed by atoms with Crippen LogP contribution in [0.4, 0.5) is 0 Å². The van der Waals surface area contributed by atoms with Gasteiger partial charge < -0.3 is 0 Å². The summed E-state index contributed by atoms with van der Waals surface area (Å²) in [6.45, 7) is 0. The molecule has 0 heterocycles. The first-order valence-corrected chi connectivity index (χ1v) is 0. The first-order chi connectivity index (χ1) is 0. The fourth-order valence-corrected chi connectivity index (χ4v) is 0. The van der Waals surface area contributed by atoms with Gasteiger partial charge in [-0.2, -0.15) is 0 Å². The summed E-state index contributed by atoms with van der Waals surface area (Å²) in [6.07, 6.45) is 0. The molecule has 4 heavy (non-hydrogen) atoms. The molecule has 0 rings (SSSR count). The zero-order valence-corrected chi connectivity index (χ0v) is 1.22. The molecular formula is H4ClK2Na. The van der Waals surface area contributed by atoms with Gasteiger partial charge in [-0.1, -0.05) is 0 Å². The molecular weight excluding hydrogens is 137 g/mol. The van der Waals surface area contributed by atoms with Gasteiger partial charge in [-0.3, -0.25) is 0 Å². The first kappa shape index (κ1) is 23.5. The van der Waals surface area contributed by atoms with Crippen LogP contribution < -0.4 is 0 Å². The van der Waals surface area contributed by atoms with Crippen molar-refractivity contribution >= 4 is 145 Å². The van der Waals surface area contributed by atoms with E-state index in [-0.39, 0.29) is 145 Å². The van der Waals surface area contributed by atoms with Crippen LogP contribution in [0.5, 0.6) is 0 Å². The van der Waals surface area contributed by atoms with Crippen molar-refractivity contribution in [1.82, 2.24) is 0 Å². The molecule has 0 aromatic heterocycles. The Kier molecular flexibility index (Phi) is 92.0. The Balaban J connectivity index is 0. The van der Waals surface area contributed by atoms with E-state index >= 15 is 0 Å². The molecule has 0 spiro atoms. The number of hydrogen-bond donors (Lipinski definition) is 0. The van der Waals surface area contributed by atoms with Gasteiger partial charge in [0, 0.05) is 0 Å². The van der Waals surface area contributed by atoms with Crippen LogP contribution in [0.3, 0.4) is 0 Å². The van der Waals surface area contributed by atoms with E-state index in [2.05, 4.69) is 0 Å². The van der Waals surface area contributed by atoms with Gasteiger partial charge in [0.15, 0.2) is 0 Å². The Morgan fingerprint density at radius 1 is 0.750 bits per heavy atom. The molecule has 14 valence electrons. The van der Waals surface area contributed by atoms with Crippen LogP contribution in [-0.4, -0.2) is 132 Å². The molecule has 0 atom stereocenters. The van der Waals surface area contributed by atoms with Crippen LogP contribution in [0.25, 0.3) is 0 Å². The van der Waals surface area contributed by atoms with Crippen molar-refractivity contribution in [3.05, 3.63) is 0 Å². The molecule has 0 aromatic carbocycles. The van der Waals surface area contributed by atoms with Crippen molar-refractivity contribution in [1.29, 1.82) is 0 Å². The van der Waals surface area contributed by atoms with Crippen molar-refractivity contribution in [2.45, 2.75) is 0 Å². The van der Waals surface area contributed by atoms with E-state index in [0.29, 0.717) is 0 Å². The predicted molar refractivity (Wildman–Crippen MR) is 28.7 cm³/mol. The molecule has 0 unspecified atom stereocenters. The first-order valence-electron chi connectivity index (χ1n) is 0. The van der Waals surface area contributed by atoms with Gasteiger partial charge in [-0.05, 0) is 0 Å². The van der Waals surface area contributed by atoms with Crippen LogP contribution in [0.2, 0.25) is 0 Å². The second-order valence-electron chi connectivity index (χ2n) is 0. The number of rotatable bonds is 0. The number of halogens is 1. The normalized spacial score (nSPS) is 0. The van der Waals surface area contributed by atoms with Crippen molar-refractivity contribution in [2.24, 2.45) is 0 Å². The van der Waals surface area contributed by atoms with E-state index in [0.717, 1.165) is 0 Å². The molecule has 0 N–H and O–H groups in total. The molecule has 0 aromatic rings. The molecule has 0 saturated heterocycles. The molecule has 0 radical (unpaired) electrons. The van der Waals surface area contributed by atoms with E-state index in [1.165, 1.54) is 0 Å². The van der Waals surface area contributed by atoms with E-state index in [4.69, 9.17) is 0 Å². The zero-order chi connectivity index (χ0) is 0. The van der Waals surface area contributed by atoms with Gasteiger partial charge in [0.2, 0.25) is 0 Å². The SMILES string of the molecule is Cl.[KH].[KH].[NaH]. The topological polar surface area (TPSA) is 0 Å². The molecule has 4 heteroatoms. The second kappa shape index (κ2) is 15.6. The summed E-state index contributed by atoms with van der Waals surface area (Å²) >= 11 is 0. The minimum atomic E-state index is 0. The maximum atomic E-state index is 0. The van der Waals surface area contributed by atoms with Crippen LogP contribution in [0, 0.1) is 0 Å². The predicted octanol–water partition coefficient (Wildman–Crippen LogP) is -1.52. The molecule has 0 aliphatic carbocycles. The Morgan fingerprint density at radius 2 is 0.750 bits per heavy atom. The van der Waals surface area contributed by atoms with E-state index in [1.54, 1.807) is 0 Å². The fourth-order valence-electron chi connectivity index (χ4n) is 0. The molecule has 0 fully saturated rings. The van der Waals surface area contributed by atoms with E-state index in [1.807, 2.05) is 0 Å². The van der Waals surface area contributed by atoms with Gasteiger partial charge in [0.05, 0.1) is 0 Å². The summed E-state index contributed by atoms with van der Waals surface area (Å²) in [7, 11) is 0. The Hall–Kier alpha value is 4.56. The molecule has 0 bridgehead atoms. The van der Waals surface area contributed by atoms with E-state index < -0.39 is 0 Å². The van der Waals surface area contributed by atoms with E-state index in [9.17, 15) is 0 Å². The summed E-state index contributed by atoms with van der Waals surface area (Å²) in [5.74, 6) is 0. The Labute approximate surface area is 140 Å². The maximum absolute atomic E-state index is 0. The van der Waals surface area contributed by atoms with Crippen molar-refractivity contribution in [3.8, 4) is 0 Å². The molecule has 0 saturated carbocycles. The van der Waals surface area contributed by atoms with Crippen LogP contribution in [-0.2, 0) is 0 Å². The summed E-state index contributed by atoms with van der Waals surface area (Å²) in [5, 5.41) is 0. The van der Waals surface area contributed by atoms with Crippen molar-refractivity contribution < 1.29 is 0 Å². The van der Waals surface area contributed by atoms with Gasteiger partial charge in [0.1, 0.15) is 0 Å². The summed E-state index contributed by atoms with van der Waals surface area (Å²) < 4.78 is 0. The van der Waals surface area contributed by atoms with Crippen molar-refractivity contribution in [3.63, 3.8) is 0 Å². The van der Waals surface area contributed by atoms with Crippen LogP contribution >= 0.6 is 12.4 Å². The summed E-state index contributed by atoms with van der Waals surface area (Å²) in [6, 6.07) is 0. The molecule has 0 aliphatic heterocycles. The monoisotopic (exact) mass is 140 g/mol. The van der Waals surface area contributed by atoms with Crippen LogP contribution in [0.1, 0.15) is 0 Å². The molecule has 0 nitrogen and oxygen atoms in total. The summed E-state index contributed by atoms with van der Waals surface area (Å²) in [4.78, 5) is 0. The minimum absolute atomic E-state index is 0. The third-order valence-corrected chi connectivity index (χ3v) is 0. The Bertz CT molecular complexity index is 6.00. The Morgan fingerprint density at radius 3 is 0.750 bits per heavy atom. The third-order valence-electron chi connectivity index (χ3n) is 0. The van der Waals surface area contributed by atoms with Crippen LogP contribution in [0.15, 0.2) is 0 Å². The summed E-state index contributed by atoms with van der Waals surface area (Å²) in [5.41, 5.74) is 0. The number of hydrogen-bond acceptors (Lipinski definition) is 0. The standard InChI is InChI=1S/ClH.2K.Na.3H/h1H;;;;;;. The second-order valence-corrected chi connectivity index (χ2v) is 0. The quantitative estimate of drug-likeness (QED) is 0.359. The van der Waals surface area contributed by atoms with Gasteiger partial charge in [-0.15, -0.1) is 12.4 Å². The molecule has 0 amide bonds. The average Bonchev–Trinajstić information content (AvgIpc) is 0. The van der Waals surface area contributed by atoms with Crippen molar-refractivity contribution in [2.75, 3.05) is 0 Å². The third kappa shape index (κ3) is 9.75. The van der Waals surface area contributed by atoms with Gasteiger partial charge in [0.25, 0.3) is 0 Å². The average molecular weight is 141 g/mol. The van der Waals surface area contributed by atoms with Gasteiger partial charge in [-0.25, -0.2) is 0 Å². The molecule has 0 aliphatic rings. The van der Waals surface area contributed by atoms with Gasteiger partial charge >= 0.3 is 132 Å².